The van der Waals surface area contributed by atoms with Crippen LogP contribution < -0.4 is 10.1 Å². The van der Waals surface area contributed by atoms with Crippen molar-refractivity contribution in [1.29, 1.82) is 0 Å². The van der Waals surface area contributed by atoms with Crippen molar-refractivity contribution in [2.45, 2.75) is 6.54 Å². The van der Waals surface area contributed by atoms with E-state index >= 15 is 0 Å². The third-order valence-corrected chi connectivity index (χ3v) is 5.25. The van der Waals surface area contributed by atoms with E-state index in [4.69, 9.17) is 16.3 Å². The van der Waals surface area contributed by atoms with Crippen LogP contribution in [0.15, 0.2) is 47.5 Å². The summed E-state index contributed by atoms with van der Waals surface area (Å²) in [7, 11) is 1.49. The predicted octanol–water partition coefficient (Wildman–Crippen LogP) is 2.36. The number of carbonyl (C=O) groups is 1. The molecule has 0 saturated carbocycles. The first-order chi connectivity index (χ1) is 14.5. The second-order valence-corrected chi connectivity index (χ2v) is 7.58. The molecule has 1 amide bonds. The first-order valence-corrected chi connectivity index (χ1v) is 10.2. The number of aromatic hydroxyl groups is 1. The molecule has 0 radical (unpaired) electrons. The molecule has 0 spiro atoms. The second-order valence-electron chi connectivity index (χ2n) is 7.15. The Kier molecular flexibility index (Phi) is 8.07. The lowest BCUT2D eigenvalue weighted by Crippen LogP contribution is -2.49. The van der Waals surface area contributed by atoms with Gasteiger partial charge in [-0.05, 0) is 29.8 Å². The summed E-state index contributed by atoms with van der Waals surface area (Å²) >= 11 is 5.93. The first-order valence-electron chi connectivity index (χ1n) is 9.87. The van der Waals surface area contributed by atoms with E-state index in [1.54, 1.807) is 18.2 Å². The molecule has 0 aliphatic carbocycles. The van der Waals surface area contributed by atoms with Gasteiger partial charge in [-0.15, -0.1) is 0 Å². The van der Waals surface area contributed by atoms with Crippen LogP contribution in [0.1, 0.15) is 11.1 Å². The molecular weight excluding hydrogens is 404 g/mol. The summed E-state index contributed by atoms with van der Waals surface area (Å²) in [5.41, 5.74) is 1.78. The van der Waals surface area contributed by atoms with Crippen molar-refractivity contribution in [3.05, 3.63) is 58.6 Å². The van der Waals surface area contributed by atoms with Crippen molar-refractivity contribution < 1.29 is 14.6 Å². The maximum absolute atomic E-state index is 12.2. The predicted molar refractivity (Wildman–Crippen MR) is 118 cm³/mol. The highest BCUT2D eigenvalue weighted by atomic mass is 35.5. The number of ether oxygens (including phenoxy) is 1. The average Bonchev–Trinajstić information content (AvgIpc) is 2.75. The van der Waals surface area contributed by atoms with E-state index in [0.717, 1.165) is 37.7 Å². The Morgan fingerprint density at radius 1 is 1.17 bits per heavy atom. The highest BCUT2D eigenvalue weighted by Crippen LogP contribution is 2.27. The fraction of sp³-hybridized carbons (Fsp3) is 0.364. The third-order valence-electron chi connectivity index (χ3n) is 5.00. The number of phenols is 1. The maximum atomic E-state index is 12.2. The number of aliphatic imine (C=N–C) groups is 1. The van der Waals surface area contributed by atoms with Crippen molar-refractivity contribution in [3.8, 4) is 11.5 Å². The lowest BCUT2D eigenvalue weighted by molar-refractivity contribution is -0.122. The molecule has 3 rings (SSSR count). The number of nitrogens with zero attached hydrogens (tertiary/aromatic N) is 3. The molecule has 2 aromatic rings. The molecule has 1 aliphatic heterocycles. The molecule has 0 bridgehead atoms. The molecule has 30 heavy (non-hydrogen) atoms. The topological polar surface area (TPSA) is 77.4 Å². The van der Waals surface area contributed by atoms with Crippen LogP contribution in [0, 0.1) is 0 Å². The Hall–Kier alpha value is -2.61. The van der Waals surface area contributed by atoms with Crippen molar-refractivity contribution >= 4 is 23.7 Å². The van der Waals surface area contributed by atoms with E-state index in [1.165, 1.54) is 18.9 Å². The Morgan fingerprint density at radius 2 is 1.87 bits per heavy atom. The van der Waals surface area contributed by atoms with Gasteiger partial charge in [0.2, 0.25) is 5.91 Å². The minimum atomic E-state index is -0.0619. The van der Waals surface area contributed by atoms with Gasteiger partial charge < -0.3 is 15.2 Å². The van der Waals surface area contributed by atoms with Crippen LogP contribution in [0.5, 0.6) is 11.5 Å². The Bertz CT molecular complexity index is 865. The van der Waals surface area contributed by atoms with Crippen molar-refractivity contribution in [1.82, 2.24) is 15.1 Å². The van der Waals surface area contributed by atoms with E-state index in [2.05, 4.69) is 20.1 Å². The minimum absolute atomic E-state index is 0.0338. The lowest BCUT2D eigenvalue weighted by atomic mass is 10.2. The van der Waals surface area contributed by atoms with Crippen molar-refractivity contribution in [2.24, 2.45) is 4.99 Å². The van der Waals surface area contributed by atoms with Gasteiger partial charge in [0.25, 0.3) is 0 Å². The summed E-state index contributed by atoms with van der Waals surface area (Å²) in [5.74, 6) is 0.359. The van der Waals surface area contributed by atoms with E-state index < -0.39 is 0 Å². The van der Waals surface area contributed by atoms with Gasteiger partial charge in [-0.1, -0.05) is 29.8 Å². The summed E-state index contributed by atoms with van der Waals surface area (Å²) in [6, 6.07) is 13.1. The number of benzene rings is 2. The fourth-order valence-corrected chi connectivity index (χ4v) is 3.42. The SMILES string of the molecule is COc1cccc(C=NCNC(=O)CN2CCN(Cc3ccc(Cl)cc3)CC2)c1O. The lowest BCUT2D eigenvalue weighted by Gasteiger charge is -2.34. The summed E-state index contributed by atoms with van der Waals surface area (Å²) in [6.07, 6.45) is 1.52. The number of nitrogens with one attached hydrogen (secondary N) is 1. The van der Waals surface area contributed by atoms with Crippen molar-refractivity contribution in [3.63, 3.8) is 0 Å². The van der Waals surface area contributed by atoms with Gasteiger partial charge in [0.05, 0.1) is 13.7 Å². The molecule has 8 heteroatoms. The highest BCUT2D eigenvalue weighted by molar-refractivity contribution is 6.30. The Labute approximate surface area is 181 Å². The number of para-hydroxylation sites is 1. The second kappa shape index (κ2) is 11.0. The number of rotatable bonds is 8. The number of phenolic OH excluding ortho intramolecular Hbond substituents is 1. The van der Waals surface area contributed by atoms with E-state index in [0.29, 0.717) is 17.9 Å². The largest absolute Gasteiger partial charge is 0.504 e. The van der Waals surface area contributed by atoms with Crippen LogP contribution in [0.25, 0.3) is 0 Å². The van der Waals surface area contributed by atoms with E-state index in [1.807, 2.05) is 24.3 Å². The van der Waals surface area contributed by atoms with Crippen LogP contribution in [0.3, 0.4) is 0 Å². The van der Waals surface area contributed by atoms with Gasteiger partial charge >= 0.3 is 0 Å². The molecule has 0 atom stereocenters. The summed E-state index contributed by atoms with van der Waals surface area (Å²) in [5, 5.41) is 13.6. The molecule has 1 heterocycles. The van der Waals surface area contributed by atoms with Gasteiger partial charge in [0.1, 0.15) is 6.67 Å². The number of hydrogen-bond donors (Lipinski definition) is 2. The molecule has 0 aromatic heterocycles. The number of halogens is 1. The zero-order valence-electron chi connectivity index (χ0n) is 17.1. The van der Waals surface area contributed by atoms with Crippen LogP contribution in [0.2, 0.25) is 5.02 Å². The van der Waals surface area contributed by atoms with E-state index in [-0.39, 0.29) is 18.3 Å². The zero-order valence-corrected chi connectivity index (χ0v) is 17.8. The average molecular weight is 431 g/mol. The van der Waals surface area contributed by atoms with Gasteiger partial charge in [-0.25, -0.2) is 0 Å². The van der Waals surface area contributed by atoms with Gasteiger partial charge in [0, 0.05) is 49.5 Å². The third kappa shape index (κ3) is 6.45. The van der Waals surface area contributed by atoms with Gasteiger partial charge in [-0.2, -0.15) is 0 Å². The Balaban J connectivity index is 1.36. The molecule has 1 fully saturated rings. The van der Waals surface area contributed by atoms with Gasteiger partial charge in [-0.3, -0.25) is 19.6 Å². The van der Waals surface area contributed by atoms with Crippen LogP contribution >= 0.6 is 11.6 Å². The molecule has 7 nitrogen and oxygen atoms in total. The Morgan fingerprint density at radius 3 is 2.57 bits per heavy atom. The number of amides is 1. The van der Waals surface area contributed by atoms with Gasteiger partial charge in [0.15, 0.2) is 11.5 Å². The number of carbonyl (C=O) groups excluding carboxylic acids is 1. The molecule has 1 aliphatic rings. The summed E-state index contributed by atoms with van der Waals surface area (Å²) in [4.78, 5) is 20.9. The van der Waals surface area contributed by atoms with Crippen molar-refractivity contribution in [2.75, 3.05) is 46.5 Å². The van der Waals surface area contributed by atoms with E-state index in [9.17, 15) is 9.90 Å². The molecule has 2 N–H and O–H groups in total. The quantitative estimate of drug-likeness (QED) is 0.629. The molecular formula is C22H27ClN4O3. The zero-order chi connectivity index (χ0) is 21.3. The fourth-order valence-electron chi connectivity index (χ4n) is 3.30. The molecule has 160 valence electrons. The standard InChI is InChI=1S/C22H27ClN4O3/c1-30-20-4-2-3-18(22(20)29)13-24-16-25-21(28)15-27-11-9-26(10-12-27)14-17-5-7-19(23)8-6-17/h2-8,13,29H,9-12,14-16H2,1H3,(H,25,28). The molecule has 1 saturated heterocycles. The van der Waals surface area contributed by atoms with Crippen LogP contribution in [0.4, 0.5) is 0 Å². The normalized spacial score (nSPS) is 15.4. The number of methoxy groups -OCH3 is 1. The summed E-state index contributed by atoms with van der Waals surface area (Å²) in [6.45, 7) is 4.94. The maximum Gasteiger partial charge on any atom is 0.235 e. The minimum Gasteiger partial charge on any atom is -0.504 e. The monoisotopic (exact) mass is 430 g/mol. The number of hydrogen-bond acceptors (Lipinski definition) is 6. The first kappa shape index (κ1) is 22.1. The number of piperazine rings is 1. The van der Waals surface area contributed by atoms with Crippen LogP contribution in [-0.2, 0) is 11.3 Å². The molecule has 0 unspecified atom stereocenters. The summed E-state index contributed by atoms with van der Waals surface area (Å²) < 4.78 is 5.06. The molecule has 2 aromatic carbocycles. The highest BCUT2D eigenvalue weighted by Gasteiger charge is 2.18. The van der Waals surface area contributed by atoms with Crippen LogP contribution in [-0.4, -0.2) is 73.5 Å². The smallest absolute Gasteiger partial charge is 0.235 e.